The predicted molar refractivity (Wildman–Crippen MR) is 70.3 cm³/mol. The number of aromatic nitrogens is 2. The van der Waals surface area contributed by atoms with Crippen molar-refractivity contribution in [1.82, 2.24) is 15.3 Å². The second-order valence-electron chi connectivity index (χ2n) is 4.78. The molecule has 1 aromatic heterocycles. The van der Waals surface area contributed by atoms with E-state index in [4.69, 9.17) is 0 Å². The van der Waals surface area contributed by atoms with Gasteiger partial charge in [0.05, 0.1) is 5.69 Å². The number of likely N-dealkylation sites (N-methyl/N-ethyl adjacent to an activating group) is 1. The average Bonchev–Trinajstić information content (AvgIpc) is 2.41. The molecule has 0 amide bonds. The highest BCUT2D eigenvalue weighted by molar-refractivity contribution is 5.40. The van der Waals surface area contributed by atoms with E-state index in [1.807, 2.05) is 11.8 Å². The molecular formula is C13H21FN4. The van der Waals surface area contributed by atoms with Crippen molar-refractivity contribution in [1.29, 1.82) is 0 Å². The van der Waals surface area contributed by atoms with Gasteiger partial charge in [0.15, 0.2) is 11.6 Å². The minimum absolute atomic E-state index is 0.296. The van der Waals surface area contributed by atoms with Gasteiger partial charge < -0.3 is 10.2 Å². The Bertz CT molecular complexity index is 391. The lowest BCUT2D eigenvalue weighted by Crippen LogP contribution is -2.44. The highest BCUT2D eigenvalue weighted by Gasteiger charge is 2.19. The Hall–Kier alpha value is -1.23. The molecule has 0 bridgehead atoms. The van der Waals surface area contributed by atoms with Crippen molar-refractivity contribution in [3.8, 4) is 0 Å². The number of piperidine rings is 1. The first-order chi connectivity index (χ1) is 8.72. The minimum atomic E-state index is -0.296. The zero-order chi connectivity index (χ0) is 13.0. The van der Waals surface area contributed by atoms with Crippen LogP contribution >= 0.6 is 0 Å². The van der Waals surface area contributed by atoms with Gasteiger partial charge >= 0.3 is 0 Å². The molecule has 18 heavy (non-hydrogen) atoms. The van der Waals surface area contributed by atoms with E-state index in [2.05, 4.69) is 15.3 Å². The van der Waals surface area contributed by atoms with Crippen molar-refractivity contribution in [3.05, 3.63) is 17.8 Å². The van der Waals surface area contributed by atoms with Gasteiger partial charge in [-0.2, -0.15) is 0 Å². The monoisotopic (exact) mass is 252 g/mol. The van der Waals surface area contributed by atoms with Crippen molar-refractivity contribution < 1.29 is 4.39 Å². The van der Waals surface area contributed by atoms with E-state index in [9.17, 15) is 4.39 Å². The van der Waals surface area contributed by atoms with Gasteiger partial charge in [-0.05, 0) is 33.2 Å². The molecule has 4 nitrogen and oxygen atoms in total. The number of anilines is 1. The molecule has 1 N–H and O–H groups in total. The Morgan fingerprint density at radius 3 is 2.94 bits per heavy atom. The van der Waals surface area contributed by atoms with Crippen LogP contribution in [0.25, 0.3) is 0 Å². The Balaban J connectivity index is 2.09. The third kappa shape index (κ3) is 2.96. The van der Waals surface area contributed by atoms with Crippen LogP contribution in [0.1, 0.15) is 31.9 Å². The molecule has 2 heterocycles. The van der Waals surface area contributed by atoms with Crippen LogP contribution in [0.2, 0.25) is 0 Å². The molecule has 0 radical (unpaired) electrons. The molecule has 1 aliphatic heterocycles. The van der Waals surface area contributed by atoms with E-state index in [-0.39, 0.29) is 5.82 Å². The summed E-state index contributed by atoms with van der Waals surface area (Å²) in [5.74, 6) is 0.132. The maximum Gasteiger partial charge on any atom is 0.186 e. The van der Waals surface area contributed by atoms with E-state index >= 15 is 0 Å². The van der Waals surface area contributed by atoms with Crippen LogP contribution in [0.5, 0.6) is 0 Å². The SMILES string of the molecule is CCN(CC1CCCCN1)c1ncnc(C)c1F. The quantitative estimate of drug-likeness (QED) is 0.888. The summed E-state index contributed by atoms with van der Waals surface area (Å²) >= 11 is 0. The van der Waals surface area contributed by atoms with Crippen molar-refractivity contribution >= 4 is 5.82 Å². The Morgan fingerprint density at radius 1 is 1.44 bits per heavy atom. The van der Waals surface area contributed by atoms with E-state index in [0.29, 0.717) is 17.6 Å². The summed E-state index contributed by atoms with van der Waals surface area (Å²) in [7, 11) is 0. The minimum Gasteiger partial charge on any atom is -0.353 e. The smallest absolute Gasteiger partial charge is 0.186 e. The summed E-state index contributed by atoms with van der Waals surface area (Å²) in [6.45, 7) is 6.33. The second-order valence-corrected chi connectivity index (χ2v) is 4.78. The molecule has 1 aromatic rings. The van der Waals surface area contributed by atoms with Crippen LogP contribution in [0, 0.1) is 12.7 Å². The number of rotatable bonds is 4. The topological polar surface area (TPSA) is 41.0 Å². The maximum absolute atomic E-state index is 14.0. The standard InChI is InChI=1S/C13H21FN4/c1-3-18(8-11-6-4-5-7-15-11)13-12(14)10(2)16-9-17-13/h9,11,15H,3-8H2,1-2H3. The Morgan fingerprint density at radius 2 is 2.28 bits per heavy atom. The first kappa shape index (κ1) is 13.2. The molecule has 0 spiro atoms. The summed E-state index contributed by atoms with van der Waals surface area (Å²) in [6.07, 6.45) is 5.08. The first-order valence-electron chi connectivity index (χ1n) is 6.67. The molecule has 1 fully saturated rings. The lowest BCUT2D eigenvalue weighted by atomic mass is 10.0. The van der Waals surface area contributed by atoms with Gasteiger partial charge in [-0.15, -0.1) is 0 Å². The summed E-state index contributed by atoms with van der Waals surface area (Å²) in [6, 6.07) is 0.438. The maximum atomic E-state index is 14.0. The third-order valence-electron chi connectivity index (χ3n) is 3.48. The number of hydrogen-bond donors (Lipinski definition) is 1. The summed E-state index contributed by atoms with van der Waals surface area (Å²) < 4.78 is 14.0. The van der Waals surface area contributed by atoms with Gasteiger partial charge in [0, 0.05) is 19.1 Å². The van der Waals surface area contributed by atoms with Crippen LogP contribution in [-0.4, -0.2) is 35.6 Å². The normalized spacial score (nSPS) is 19.8. The average molecular weight is 252 g/mol. The van der Waals surface area contributed by atoms with Gasteiger partial charge in [0.1, 0.15) is 6.33 Å². The molecule has 0 aromatic carbocycles. The van der Waals surface area contributed by atoms with E-state index in [0.717, 1.165) is 26.1 Å². The van der Waals surface area contributed by atoms with Crippen LogP contribution < -0.4 is 10.2 Å². The van der Waals surface area contributed by atoms with Crippen molar-refractivity contribution in [2.75, 3.05) is 24.5 Å². The lowest BCUT2D eigenvalue weighted by molar-refractivity contribution is 0.398. The number of halogens is 1. The fourth-order valence-corrected chi connectivity index (χ4v) is 2.38. The largest absolute Gasteiger partial charge is 0.353 e. The molecule has 1 atom stereocenters. The first-order valence-corrected chi connectivity index (χ1v) is 6.67. The van der Waals surface area contributed by atoms with Crippen LogP contribution in [0.3, 0.4) is 0 Å². The van der Waals surface area contributed by atoms with Crippen LogP contribution in [0.4, 0.5) is 10.2 Å². The van der Waals surface area contributed by atoms with E-state index in [1.54, 1.807) is 6.92 Å². The van der Waals surface area contributed by atoms with Gasteiger partial charge in [-0.3, -0.25) is 0 Å². The van der Waals surface area contributed by atoms with Crippen molar-refractivity contribution in [2.24, 2.45) is 0 Å². The fraction of sp³-hybridized carbons (Fsp3) is 0.692. The highest BCUT2D eigenvalue weighted by atomic mass is 19.1. The Kier molecular flexibility index (Phi) is 4.47. The van der Waals surface area contributed by atoms with E-state index < -0.39 is 0 Å². The van der Waals surface area contributed by atoms with Gasteiger partial charge in [-0.1, -0.05) is 6.42 Å². The van der Waals surface area contributed by atoms with Crippen LogP contribution in [-0.2, 0) is 0 Å². The molecule has 0 saturated carbocycles. The van der Waals surface area contributed by atoms with Gasteiger partial charge in [-0.25, -0.2) is 14.4 Å². The predicted octanol–water partition coefficient (Wildman–Crippen LogP) is 1.89. The molecule has 2 rings (SSSR count). The molecule has 0 aliphatic carbocycles. The summed E-state index contributed by atoms with van der Waals surface area (Å²) in [5.41, 5.74) is 0.412. The summed E-state index contributed by atoms with van der Waals surface area (Å²) in [5, 5.41) is 3.48. The molecular weight excluding hydrogens is 231 g/mol. The van der Waals surface area contributed by atoms with Gasteiger partial charge in [0.25, 0.3) is 0 Å². The highest BCUT2D eigenvalue weighted by Crippen LogP contribution is 2.18. The zero-order valence-electron chi connectivity index (χ0n) is 11.1. The molecule has 5 heteroatoms. The van der Waals surface area contributed by atoms with Crippen LogP contribution in [0.15, 0.2) is 6.33 Å². The van der Waals surface area contributed by atoms with Crippen molar-refractivity contribution in [2.45, 2.75) is 39.2 Å². The van der Waals surface area contributed by atoms with Gasteiger partial charge in [0.2, 0.25) is 0 Å². The number of nitrogens with one attached hydrogen (secondary N) is 1. The number of nitrogens with zero attached hydrogens (tertiary/aromatic N) is 3. The fourth-order valence-electron chi connectivity index (χ4n) is 2.38. The number of aryl methyl sites for hydroxylation is 1. The zero-order valence-corrected chi connectivity index (χ0v) is 11.1. The summed E-state index contributed by atoms with van der Waals surface area (Å²) in [4.78, 5) is 9.96. The molecule has 100 valence electrons. The van der Waals surface area contributed by atoms with Crippen molar-refractivity contribution in [3.63, 3.8) is 0 Å². The second kappa shape index (κ2) is 6.09. The van der Waals surface area contributed by atoms with E-state index in [1.165, 1.54) is 19.2 Å². The molecule has 1 saturated heterocycles. The lowest BCUT2D eigenvalue weighted by Gasteiger charge is -2.30. The molecule has 1 aliphatic rings. The molecule has 1 unspecified atom stereocenters. The third-order valence-corrected chi connectivity index (χ3v) is 3.48. The number of hydrogen-bond acceptors (Lipinski definition) is 4. The Labute approximate surface area is 108 Å².